The smallest absolute Gasteiger partial charge is 0.223 e. The highest BCUT2D eigenvalue weighted by atomic mass is 16.2. The van der Waals surface area contributed by atoms with Crippen LogP contribution in [-0.2, 0) is 11.2 Å². The van der Waals surface area contributed by atoms with Crippen molar-refractivity contribution in [3.8, 4) is 0 Å². The Morgan fingerprint density at radius 1 is 1.22 bits per heavy atom. The number of rotatable bonds is 4. The number of carbonyl (C=O) groups is 1. The fourth-order valence-electron chi connectivity index (χ4n) is 2.76. The largest absolute Gasteiger partial charge is 0.353 e. The van der Waals surface area contributed by atoms with Crippen LogP contribution in [-0.4, -0.2) is 11.9 Å². The molecular formula is C16H23NO. The van der Waals surface area contributed by atoms with E-state index in [1.165, 1.54) is 5.56 Å². The monoisotopic (exact) mass is 245 g/mol. The molecule has 2 heteroatoms. The summed E-state index contributed by atoms with van der Waals surface area (Å²) >= 11 is 0. The van der Waals surface area contributed by atoms with Crippen molar-refractivity contribution in [2.24, 2.45) is 11.8 Å². The van der Waals surface area contributed by atoms with Crippen molar-refractivity contribution in [2.45, 2.75) is 45.6 Å². The van der Waals surface area contributed by atoms with Crippen molar-refractivity contribution in [2.75, 3.05) is 0 Å². The molecule has 2 atom stereocenters. The lowest BCUT2D eigenvalue weighted by atomic mass is 9.86. The summed E-state index contributed by atoms with van der Waals surface area (Å²) in [5.41, 5.74) is 1.26. The number of piperidine rings is 1. The zero-order chi connectivity index (χ0) is 13.0. The van der Waals surface area contributed by atoms with E-state index in [2.05, 4.69) is 31.3 Å². The molecule has 1 aromatic rings. The van der Waals surface area contributed by atoms with Crippen LogP contribution < -0.4 is 5.32 Å². The van der Waals surface area contributed by atoms with Crippen molar-refractivity contribution >= 4 is 5.91 Å². The van der Waals surface area contributed by atoms with Gasteiger partial charge in [-0.3, -0.25) is 4.79 Å². The fourth-order valence-corrected chi connectivity index (χ4v) is 2.76. The van der Waals surface area contributed by atoms with Gasteiger partial charge in [0.1, 0.15) is 0 Å². The molecule has 0 aliphatic carbocycles. The van der Waals surface area contributed by atoms with Gasteiger partial charge >= 0.3 is 0 Å². The highest BCUT2D eigenvalue weighted by molar-refractivity contribution is 5.80. The molecule has 1 aliphatic heterocycles. The maximum absolute atomic E-state index is 12.1. The molecule has 98 valence electrons. The van der Waals surface area contributed by atoms with E-state index in [0.29, 0.717) is 12.0 Å². The zero-order valence-electron chi connectivity index (χ0n) is 11.4. The minimum atomic E-state index is 0.163. The molecule has 0 spiro atoms. The Morgan fingerprint density at radius 3 is 2.56 bits per heavy atom. The predicted octanol–water partition coefficient (Wildman–Crippen LogP) is 3.17. The van der Waals surface area contributed by atoms with Crippen LogP contribution in [0.15, 0.2) is 30.3 Å². The van der Waals surface area contributed by atoms with Gasteiger partial charge in [-0.1, -0.05) is 44.2 Å². The second kappa shape index (κ2) is 6.03. The lowest BCUT2D eigenvalue weighted by molar-refractivity contribution is -0.127. The zero-order valence-corrected chi connectivity index (χ0v) is 11.4. The van der Waals surface area contributed by atoms with E-state index in [1.54, 1.807) is 0 Å². The standard InChI is InChI=1S/C16H23NO/c1-12(2)10-15-9-8-14(16(18)17-15)11-13-6-4-3-5-7-13/h3-7,12,14-15H,8-11H2,1-2H3,(H,17,18)/t14-,15+/m0/s1. The van der Waals surface area contributed by atoms with Gasteiger partial charge in [-0.2, -0.15) is 0 Å². The van der Waals surface area contributed by atoms with Crippen LogP contribution in [0.4, 0.5) is 0 Å². The summed E-state index contributed by atoms with van der Waals surface area (Å²) in [6, 6.07) is 10.7. The first kappa shape index (κ1) is 13.1. The molecule has 0 unspecified atom stereocenters. The second-order valence-corrected chi connectivity index (χ2v) is 5.80. The Morgan fingerprint density at radius 2 is 1.94 bits per heavy atom. The molecule has 1 N–H and O–H groups in total. The molecule has 2 nitrogen and oxygen atoms in total. The van der Waals surface area contributed by atoms with Gasteiger partial charge in [0, 0.05) is 12.0 Å². The van der Waals surface area contributed by atoms with E-state index in [0.717, 1.165) is 25.7 Å². The molecule has 1 fully saturated rings. The molecule has 1 aromatic carbocycles. The molecular weight excluding hydrogens is 222 g/mol. The maximum Gasteiger partial charge on any atom is 0.223 e. The number of benzene rings is 1. The Kier molecular flexibility index (Phi) is 4.40. The van der Waals surface area contributed by atoms with E-state index < -0.39 is 0 Å². The summed E-state index contributed by atoms with van der Waals surface area (Å²) in [6.07, 6.45) is 4.13. The highest BCUT2D eigenvalue weighted by Gasteiger charge is 2.27. The Hall–Kier alpha value is -1.31. The molecule has 1 heterocycles. The average Bonchev–Trinajstić information content (AvgIpc) is 2.33. The summed E-state index contributed by atoms with van der Waals surface area (Å²) in [5, 5.41) is 3.18. The van der Waals surface area contributed by atoms with Crippen molar-refractivity contribution in [1.29, 1.82) is 0 Å². The lowest BCUT2D eigenvalue weighted by Gasteiger charge is -2.30. The summed E-state index contributed by atoms with van der Waals surface area (Å²) in [6.45, 7) is 4.42. The minimum Gasteiger partial charge on any atom is -0.353 e. The number of hydrogen-bond acceptors (Lipinski definition) is 1. The SMILES string of the molecule is CC(C)C[C@H]1CC[C@@H](Cc2ccccc2)C(=O)N1. The summed E-state index contributed by atoms with van der Waals surface area (Å²) in [5.74, 6) is 1.06. The maximum atomic E-state index is 12.1. The van der Waals surface area contributed by atoms with Crippen LogP contribution in [0.5, 0.6) is 0 Å². The molecule has 1 saturated heterocycles. The predicted molar refractivity (Wildman–Crippen MR) is 74.3 cm³/mol. The van der Waals surface area contributed by atoms with Crippen LogP contribution in [0.25, 0.3) is 0 Å². The third-order valence-corrected chi connectivity index (χ3v) is 3.66. The third kappa shape index (κ3) is 3.59. The summed E-state index contributed by atoms with van der Waals surface area (Å²) in [7, 11) is 0. The number of carbonyl (C=O) groups excluding carboxylic acids is 1. The molecule has 18 heavy (non-hydrogen) atoms. The van der Waals surface area contributed by atoms with E-state index in [9.17, 15) is 4.79 Å². The fraction of sp³-hybridized carbons (Fsp3) is 0.562. The summed E-state index contributed by atoms with van der Waals surface area (Å²) < 4.78 is 0. The summed E-state index contributed by atoms with van der Waals surface area (Å²) in [4.78, 5) is 12.1. The molecule has 2 rings (SSSR count). The molecule has 0 saturated carbocycles. The third-order valence-electron chi connectivity index (χ3n) is 3.66. The van der Waals surface area contributed by atoms with E-state index in [4.69, 9.17) is 0 Å². The quantitative estimate of drug-likeness (QED) is 0.867. The lowest BCUT2D eigenvalue weighted by Crippen LogP contribution is -2.45. The normalized spacial score (nSPS) is 24.1. The molecule has 1 amide bonds. The Labute approximate surface area is 110 Å². The number of hydrogen-bond donors (Lipinski definition) is 1. The Balaban J connectivity index is 1.88. The van der Waals surface area contributed by atoms with Gasteiger partial charge in [0.25, 0.3) is 0 Å². The van der Waals surface area contributed by atoms with Gasteiger partial charge in [0.2, 0.25) is 5.91 Å². The number of nitrogens with one attached hydrogen (secondary N) is 1. The molecule has 1 aliphatic rings. The van der Waals surface area contributed by atoms with Crippen molar-refractivity contribution < 1.29 is 4.79 Å². The average molecular weight is 245 g/mol. The van der Waals surface area contributed by atoms with Crippen LogP contribution in [0, 0.1) is 11.8 Å². The van der Waals surface area contributed by atoms with Crippen LogP contribution in [0.3, 0.4) is 0 Å². The van der Waals surface area contributed by atoms with Crippen molar-refractivity contribution in [1.82, 2.24) is 5.32 Å². The molecule has 0 radical (unpaired) electrons. The van der Waals surface area contributed by atoms with E-state index in [-0.39, 0.29) is 11.8 Å². The van der Waals surface area contributed by atoms with Gasteiger partial charge in [0.05, 0.1) is 0 Å². The van der Waals surface area contributed by atoms with Crippen molar-refractivity contribution in [3.63, 3.8) is 0 Å². The van der Waals surface area contributed by atoms with Crippen LogP contribution in [0.1, 0.15) is 38.7 Å². The number of amides is 1. The minimum absolute atomic E-state index is 0.163. The van der Waals surface area contributed by atoms with Gasteiger partial charge in [-0.25, -0.2) is 0 Å². The molecule has 0 aromatic heterocycles. The van der Waals surface area contributed by atoms with E-state index in [1.807, 2.05) is 18.2 Å². The first-order valence-electron chi connectivity index (χ1n) is 6.99. The van der Waals surface area contributed by atoms with Gasteiger partial charge < -0.3 is 5.32 Å². The van der Waals surface area contributed by atoms with Gasteiger partial charge in [0.15, 0.2) is 0 Å². The van der Waals surface area contributed by atoms with Crippen LogP contribution in [0.2, 0.25) is 0 Å². The van der Waals surface area contributed by atoms with Crippen molar-refractivity contribution in [3.05, 3.63) is 35.9 Å². The highest BCUT2D eigenvalue weighted by Crippen LogP contribution is 2.23. The Bertz CT molecular complexity index is 385. The second-order valence-electron chi connectivity index (χ2n) is 5.80. The van der Waals surface area contributed by atoms with Gasteiger partial charge in [-0.15, -0.1) is 0 Å². The molecule has 0 bridgehead atoms. The van der Waals surface area contributed by atoms with Gasteiger partial charge in [-0.05, 0) is 37.2 Å². The topological polar surface area (TPSA) is 29.1 Å². The first-order chi connectivity index (χ1) is 8.65. The first-order valence-corrected chi connectivity index (χ1v) is 6.99. The van der Waals surface area contributed by atoms with Crippen LogP contribution >= 0.6 is 0 Å². The van der Waals surface area contributed by atoms with E-state index >= 15 is 0 Å².